The molecule has 0 spiro atoms. The minimum atomic E-state index is 0.195. The summed E-state index contributed by atoms with van der Waals surface area (Å²) in [5, 5.41) is 4.59. The van der Waals surface area contributed by atoms with Gasteiger partial charge in [-0.15, -0.1) is 11.3 Å². The van der Waals surface area contributed by atoms with Crippen molar-refractivity contribution in [2.75, 3.05) is 6.54 Å². The van der Waals surface area contributed by atoms with Gasteiger partial charge in [0.2, 0.25) is 0 Å². The second kappa shape index (κ2) is 5.50. The van der Waals surface area contributed by atoms with Crippen molar-refractivity contribution in [2.24, 2.45) is 0 Å². The van der Waals surface area contributed by atoms with Gasteiger partial charge in [0.15, 0.2) is 0 Å². The van der Waals surface area contributed by atoms with E-state index in [1.54, 1.807) is 17.5 Å². The van der Waals surface area contributed by atoms with Gasteiger partial charge in [-0.2, -0.15) is 0 Å². The van der Waals surface area contributed by atoms with E-state index < -0.39 is 0 Å². The van der Waals surface area contributed by atoms with Crippen LogP contribution in [0.1, 0.15) is 23.8 Å². The van der Waals surface area contributed by atoms with E-state index in [4.69, 9.17) is 0 Å². The van der Waals surface area contributed by atoms with Gasteiger partial charge in [0.25, 0.3) is 0 Å². The minimum absolute atomic E-state index is 0.195. The number of thiazole rings is 1. The normalized spacial score (nSPS) is 12.9. The Balaban J connectivity index is 1.85. The maximum absolute atomic E-state index is 4.68. The quantitative estimate of drug-likeness (QED) is 0.751. The number of benzene rings is 1. The number of hydrogen-bond donors (Lipinski definition) is 2. The highest BCUT2D eigenvalue weighted by atomic mass is 32.1. The van der Waals surface area contributed by atoms with Crippen molar-refractivity contribution in [3.8, 4) is 0 Å². The van der Waals surface area contributed by atoms with E-state index in [9.17, 15) is 0 Å². The van der Waals surface area contributed by atoms with Gasteiger partial charge < -0.3 is 10.3 Å². The van der Waals surface area contributed by atoms with E-state index in [0.29, 0.717) is 0 Å². The van der Waals surface area contributed by atoms with Crippen LogP contribution in [0.15, 0.2) is 36.7 Å². The second-order valence-electron chi connectivity index (χ2n) is 4.36. The van der Waals surface area contributed by atoms with Gasteiger partial charge >= 0.3 is 0 Å². The molecule has 3 aromatic rings. The molecule has 2 heterocycles. The van der Waals surface area contributed by atoms with Crippen molar-refractivity contribution in [3.05, 3.63) is 47.5 Å². The van der Waals surface area contributed by atoms with Crippen LogP contribution in [-0.4, -0.2) is 21.5 Å². The number of fused-ring (bicyclic) bond motifs is 1. The number of likely N-dealkylation sites (N-methyl/N-ethyl adjacent to an activating group) is 1. The van der Waals surface area contributed by atoms with Crippen molar-refractivity contribution >= 4 is 21.6 Å². The molecule has 0 bridgehead atoms. The van der Waals surface area contributed by atoms with E-state index in [0.717, 1.165) is 29.3 Å². The van der Waals surface area contributed by atoms with Crippen LogP contribution in [0.4, 0.5) is 0 Å². The summed E-state index contributed by atoms with van der Waals surface area (Å²) >= 11 is 1.76. The maximum Gasteiger partial charge on any atom is 0.123 e. The van der Waals surface area contributed by atoms with Crippen LogP contribution in [0.25, 0.3) is 10.2 Å². The van der Waals surface area contributed by atoms with E-state index >= 15 is 0 Å². The zero-order valence-corrected chi connectivity index (χ0v) is 11.6. The lowest BCUT2D eigenvalue weighted by molar-refractivity contribution is 0.525. The number of nitrogens with zero attached hydrogens (tertiary/aromatic N) is 2. The van der Waals surface area contributed by atoms with Crippen molar-refractivity contribution in [1.29, 1.82) is 0 Å². The average Bonchev–Trinajstić information content (AvgIpc) is 3.07. The Morgan fingerprint density at radius 3 is 3.00 bits per heavy atom. The van der Waals surface area contributed by atoms with Gasteiger partial charge in [-0.25, -0.2) is 9.97 Å². The molecule has 0 fully saturated rings. The zero-order valence-electron chi connectivity index (χ0n) is 10.8. The predicted octanol–water partition coefficient (Wildman–Crippen LogP) is 2.91. The number of aromatic nitrogens is 3. The summed E-state index contributed by atoms with van der Waals surface area (Å²) in [6.45, 7) is 3.02. The Bertz CT molecular complexity index is 611. The molecule has 4 nitrogen and oxygen atoms in total. The molecule has 5 heteroatoms. The van der Waals surface area contributed by atoms with Crippen molar-refractivity contribution in [1.82, 2.24) is 20.3 Å². The van der Waals surface area contributed by atoms with Crippen molar-refractivity contribution in [3.63, 3.8) is 0 Å². The number of rotatable bonds is 5. The molecule has 0 radical (unpaired) electrons. The third-order valence-corrected chi connectivity index (χ3v) is 4.08. The van der Waals surface area contributed by atoms with Crippen LogP contribution in [0, 0.1) is 0 Å². The molecule has 1 aromatic carbocycles. The SMILES string of the molecule is CCNC(Cc1nc2ccccc2s1)c1ncc[nH]1. The Hall–Kier alpha value is -1.72. The summed E-state index contributed by atoms with van der Waals surface area (Å²) in [5.41, 5.74) is 1.08. The summed E-state index contributed by atoms with van der Waals surface area (Å²) in [6.07, 6.45) is 4.51. The fraction of sp³-hybridized carbons (Fsp3) is 0.286. The first-order chi connectivity index (χ1) is 9.36. The monoisotopic (exact) mass is 272 g/mol. The van der Waals surface area contributed by atoms with Gasteiger partial charge in [0.1, 0.15) is 5.82 Å². The number of aromatic amines is 1. The Labute approximate surface area is 115 Å². The highest BCUT2D eigenvalue weighted by Crippen LogP contribution is 2.25. The highest BCUT2D eigenvalue weighted by molar-refractivity contribution is 7.18. The summed E-state index contributed by atoms with van der Waals surface area (Å²) in [6, 6.07) is 8.45. The topological polar surface area (TPSA) is 53.6 Å². The second-order valence-corrected chi connectivity index (χ2v) is 5.48. The van der Waals surface area contributed by atoms with Crippen LogP contribution in [-0.2, 0) is 6.42 Å². The molecule has 1 atom stereocenters. The highest BCUT2D eigenvalue weighted by Gasteiger charge is 2.15. The summed E-state index contributed by atoms with van der Waals surface area (Å²) < 4.78 is 1.24. The lowest BCUT2D eigenvalue weighted by Crippen LogP contribution is -2.24. The number of hydrogen-bond acceptors (Lipinski definition) is 4. The lowest BCUT2D eigenvalue weighted by Gasteiger charge is -2.13. The van der Waals surface area contributed by atoms with Crippen molar-refractivity contribution in [2.45, 2.75) is 19.4 Å². The van der Waals surface area contributed by atoms with E-state index in [1.807, 2.05) is 12.3 Å². The van der Waals surface area contributed by atoms with E-state index in [1.165, 1.54) is 4.70 Å². The molecule has 0 aliphatic rings. The Morgan fingerprint density at radius 1 is 1.37 bits per heavy atom. The Kier molecular flexibility index (Phi) is 3.57. The molecule has 0 saturated heterocycles. The predicted molar refractivity (Wildman–Crippen MR) is 78.3 cm³/mol. The summed E-state index contributed by atoms with van der Waals surface area (Å²) in [7, 11) is 0. The van der Waals surface area contributed by atoms with Gasteiger partial charge in [-0.3, -0.25) is 0 Å². The smallest absolute Gasteiger partial charge is 0.123 e. The summed E-state index contributed by atoms with van der Waals surface area (Å²) in [5.74, 6) is 0.973. The van der Waals surface area contributed by atoms with Crippen LogP contribution in [0.2, 0.25) is 0 Å². The third-order valence-electron chi connectivity index (χ3n) is 3.02. The third kappa shape index (κ3) is 2.67. The van der Waals surface area contributed by atoms with Gasteiger partial charge in [-0.1, -0.05) is 19.1 Å². The molecule has 98 valence electrons. The van der Waals surface area contributed by atoms with E-state index in [2.05, 4.69) is 45.4 Å². The fourth-order valence-electron chi connectivity index (χ4n) is 2.16. The molecule has 2 N–H and O–H groups in total. The maximum atomic E-state index is 4.68. The molecule has 0 amide bonds. The zero-order chi connectivity index (χ0) is 13.1. The van der Waals surface area contributed by atoms with Crippen LogP contribution >= 0.6 is 11.3 Å². The number of H-pyrrole nitrogens is 1. The van der Waals surface area contributed by atoms with Crippen molar-refractivity contribution < 1.29 is 0 Å². The fourth-order valence-corrected chi connectivity index (χ4v) is 3.17. The first kappa shape index (κ1) is 12.3. The first-order valence-electron chi connectivity index (χ1n) is 6.44. The molecule has 3 rings (SSSR count). The summed E-state index contributed by atoms with van der Waals surface area (Å²) in [4.78, 5) is 12.2. The molecule has 0 aliphatic carbocycles. The molecule has 0 aliphatic heterocycles. The van der Waals surface area contributed by atoms with Crippen LogP contribution < -0.4 is 5.32 Å². The van der Waals surface area contributed by atoms with Gasteiger partial charge in [0, 0.05) is 18.8 Å². The average molecular weight is 272 g/mol. The molecular formula is C14H16N4S. The molecular weight excluding hydrogens is 256 g/mol. The Morgan fingerprint density at radius 2 is 2.26 bits per heavy atom. The molecule has 19 heavy (non-hydrogen) atoms. The van der Waals surface area contributed by atoms with E-state index in [-0.39, 0.29) is 6.04 Å². The molecule has 1 unspecified atom stereocenters. The number of nitrogens with one attached hydrogen (secondary N) is 2. The van der Waals surface area contributed by atoms with Gasteiger partial charge in [0.05, 0.1) is 21.3 Å². The van der Waals surface area contributed by atoms with Crippen LogP contribution in [0.3, 0.4) is 0 Å². The molecule has 2 aromatic heterocycles. The number of imidazole rings is 1. The minimum Gasteiger partial charge on any atom is -0.347 e. The van der Waals surface area contributed by atoms with Crippen LogP contribution in [0.5, 0.6) is 0 Å². The van der Waals surface area contributed by atoms with Gasteiger partial charge in [-0.05, 0) is 18.7 Å². The first-order valence-corrected chi connectivity index (χ1v) is 7.25. The standard InChI is InChI=1S/C14H16N4S/c1-2-15-11(14-16-7-8-17-14)9-13-18-10-5-3-4-6-12(10)19-13/h3-8,11,15H,2,9H2,1H3,(H,16,17). The molecule has 0 saturated carbocycles. The lowest BCUT2D eigenvalue weighted by atomic mass is 10.2. The largest absolute Gasteiger partial charge is 0.347 e. The number of para-hydroxylation sites is 1.